The predicted molar refractivity (Wildman–Crippen MR) is 76.1 cm³/mol. The average molecular weight is 274 g/mol. The Labute approximate surface area is 117 Å². The van der Waals surface area contributed by atoms with Crippen molar-refractivity contribution < 1.29 is 9.53 Å². The summed E-state index contributed by atoms with van der Waals surface area (Å²) in [6, 6.07) is 3.24. The van der Waals surface area contributed by atoms with E-state index in [4.69, 9.17) is 4.74 Å². The van der Waals surface area contributed by atoms with Crippen LogP contribution in [0.15, 0.2) is 18.3 Å². The number of carbonyl (C=O) groups is 1. The molecule has 2 heterocycles. The van der Waals surface area contributed by atoms with Crippen molar-refractivity contribution in [3.63, 3.8) is 0 Å². The van der Waals surface area contributed by atoms with Crippen LogP contribution in [0, 0.1) is 6.92 Å². The van der Waals surface area contributed by atoms with Gasteiger partial charge in [0, 0.05) is 30.4 Å². The van der Waals surface area contributed by atoms with Crippen molar-refractivity contribution in [2.75, 3.05) is 12.4 Å². The molecular formula is C14H18N4O2. The highest BCUT2D eigenvalue weighted by molar-refractivity contribution is 6.04. The number of aryl methyl sites for hydroxylation is 2. The van der Waals surface area contributed by atoms with E-state index in [9.17, 15) is 4.79 Å². The molecule has 0 unspecified atom stereocenters. The quantitative estimate of drug-likeness (QED) is 0.925. The predicted octanol–water partition coefficient (Wildman–Crippen LogP) is 1.95. The molecular weight excluding hydrogens is 256 g/mol. The Balaban J connectivity index is 2.25. The maximum atomic E-state index is 12.2. The largest absolute Gasteiger partial charge is 0.481 e. The normalized spacial score (nSPS) is 10.4. The van der Waals surface area contributed by atoms with Crippen LogP contribution in [0.2, 0.25) is 0 Å². The van der Waals surface area contributed by atoms with Crippen molar-refractivity contribution >= 4 is 11.7 Å². The van der Waals surface area contributed by atoms with Crippen molar-refractivity contribution in [3.8, 4) is 5.88 Å². The minimum atomic E-state index is -0.209. The average Bonchev–Trinajstić information content (AvgIpc) is 2.74. The highest BCUT2D eigenvalue weighted by Crippen LogP contribution is 2.19. The molecule has 0 aromatic carbocycles. The Hall–Kier alpha value is -2.37. The smallest absolute Gasteiger partial charge is 0.257 e. The molecule has 0 atom stereocenters. The Morgan fingerprint density at radius 2 is 2.25 bits per heavy atom. The number of anilines is 1. The third-order valence-corrected chi connectivity index (χ3v) is 3.16. The number of hydrogen-bond donors (Lipinski definition) is 1. The first-order valence-corrected chi connectivity index (χ1v) is 6.40. The van der Waals surface area contributed by atoms with Gasteiger partial charge in [0.05, 0.1) is 12.8 Å². The Kier molecular flexibility index (Phi) is 4.02. The van der Waals surface area contributed by atoms with Gasteiger partial charge < -0.3 is 10.1 Å². The lowest BCUT2D eigenvalue weighted by atomic mass is 10.2. The van der Waals surface area contributed by atoms with Crippen LogP contribution in [-0.4, -0.2) is 27.8 Å². The van der Waals surface area contributed by atoms with Crippen molar-refractivity contribution in [1.29, 1.82) is 0 Å². The number of nitrogens with one attached hydrogen (secondary N) is 1. The number of nitrogens with zero attached hydrogens (tertiary/aromatic N) is 3. The van der Waals surface area contributed by atoms with E-state index in [2.05, 4.69) is 15.4 Å². The van der Waals surface area contributed by atoms with E-state index in [1.807, 2.05) is 20.9 Å². The Bertz CT molecular complexity index is 634. The summed E-state index contributed by atoms with van der Waals surface area (Å²) < 4.78 is 6.70. The fraction of sp³-hybridized carbons (Fsp3) is 0.357. The highest BCUT2D eigenvalue weighted by Gasteiger charge is 2.15. The Morgan fingerprint density at radius 1 is 1.50 bits per heavy atom. The second-order valence-electron chi connectivity index (χ2n) is 4.44. The topological polar surface area (TPSA) is 69.0 Å². The van der Waals surface area contributed by atoms with Crippen molar-refractivity contribution in [2.45, 2.75) is 20.3 Å². The van der Waals surface area contributed by atoms with Gasteiger partial charge in [-0.3, -0.25) is 9.48 Å². The van der Waals surface area contributed by atoms with Gasteiger partial charge in [0.1, 0.15) is 5.82 Å². The van der Waals surface area contributed by atoms with Crippen LogP contribution >= 0.6 is 0 Å². The molecule has 106 valence electrons. The van der Waals surface area contributed by atoms with Crippen LogP contribution < -0.4 is 10.1 Å². The summed E-state index contributed by atoms with van der Waals surface area (Å²) in [6.07, 6.45) is 2.37. The summed E-state index contributed by atoms with van der Waals surface area (Å²) in [6.45, 7) is 3.99. The number of carbonyl (C=O) groups excluding carboxylic acids is 1. The summed E-state index contributed by atoms with van der Waals surface area (Å²) in [4.78, 5) is 16.2. The number of methoxy groups -OCH3 is 1. The number of rotatable bonds is 4. The zero-order valence-corrected chi connectivity index (χ0v) is 12.1. The van der Waals surface area contributed by atoms with Crippen LogP contribution in [0.1, 0.15) is 28.5 Å². The van der Waals surface area contributed by atoms with Gasteiger partial charge >= 0.3 is 0 Å². The molecule has 0 aliphatic carbocycles. The minimum absolute atomic E-state index is 0.209. The molecule has 0 saturated carbocycles. The first-order valence-electron chi connectivity index (χ1n) is 6.40. The molecule has 2 aromatic heterocycles. The number of amides is 1. The molecule has 1 amide bonds. The van der Waals surface area contributed by atoms with Gasteiger partial charge in [-0.05, 0) is 19.4 Å². The molecule has 0 saturated heterocycles. The minimum Gasteiger partial charge on any atom is -0.481 e. The molecule has 1 N–H and O–H groups in total. The van der Waals surface area contributed by atoms with E-state index in [0.29, 0.717) is 17.3 Å². The number of aromatic nitrogens is 3. The van der Waals surface area contributed by atoms with Gasteiger partial charge in [0.25, 0.3) is 5.91 Å². The third kappa shape index (κ3) is 2.64. The summed E-state index contributed by atoms with van der Waals surface area (Å²) in [7, 11) is 3.33. The molecule has 0 spiro atoms. The molecule has 2 rings (SSSR count). The first-order chi connectivity index (χ1) is 9.56. The van der Waals surface area contributed by atoms with Gasteiger partial charge in [0.15, 0.2) is 0 Å². The molecule has 6 nitrogen and oxygen atoms in total. The van der Waals surface area contributed by atoms with E-state index in [-0.39, 0.29) is 5.91 Å². The second-order valence-corrected chi connectivity index (χ2v) is 4.44. The van der Waals surface area contributed by atoms with Crippen LogP contribution in [0.5, 0.6) is 5.88 Å². The summed E-state index contributed by atoms with van der Waals surface area (Å²) in [5, 5.41) is 7.25. The molecule has 0 bridgehead atoms. The molecule has 2 aromatic rings. The molecule has 0 aliphatic heterocycles. The maximum absolute atomic E-state index is 12.2. The van der Waals surface area contributed by atoms with Crippen molar-refractivity contribution in [1.82, 2.24) is 14.8 Å². The van der Waals surface area contributed by atoms with Crippen LogP contribution in [0.3, 0.4) is 0 Å². The van der Waals surface area contributed by atoms with E-state index in [1.165, 1.54) is 7.11 Å². The summed E-state index contributed by atoms with van der Waals surface area (Å²) in [5.74, 6) is 0.913. The van der Waals surface area contributed by atoms with E-state index < -0.39 is 0 Å². The standard InChI is InChI=1S/C14H18N4O2/c1-5-11-9(2)13(18(3)17-11)16-14(19)10-6-7-15-12(8-10)20-4/h6-8H,5H2,1-4H3,(H,16,19). The third-order valence-electron chi connectivity index (χ3n) is 3.16. The van der Waals surface area contributed by atoms with Gasteiger partial charge in [0.2, 0.25) is 5.88 Å². The van der Waals surface area contributed by atoms with Crippen LogP contribution in [0.25, 0.3) is 0 Å². The molecule has 20 heavy (non-hydrogen) atoms. The van der Waals surface area contributed by atoms with Crippen LogP contribution in [0.4, 0.5) is 5.82 Å². The van der Waals surface area contributed by atoms with E-state index >= 15 is 0 Å². The van der Waals surface area contributed by atoms with Gasteiger partial charge in [-0.1, -0.05) is 6.92 Å². The first kappa shape index (κ1) is 14.0. The summed E-state index contributed by atoms with van der Waals surface area (Å²) in [5.41, 5.74) is 2.47. The lowest BCUT2D eigenvalue weighted by Crippen LogP contribution is -2.15. The zero-order chi connectivity index (χ0) is 14.7. The molecule has 0 aliphatic rings. The SMILES string of the molecule is CCc1nn(C)c(NC(=O)c2ccnc(OC)c2)c1C. The maximum Gasteiger partial charge on any atom is 0.257 e. The lowest BCUT2D eigenvalue weighted by Gasteiger charge is -2.07. The highest BCUT2D eigenvalue weighted by atomic mass is 16.5. The Morgan fingerprint density at radius 3 is 2.85 bits per heavy atom. The van der Waals surface area contributed by atoms with Crippen molar-refractivity contribution in [2.24, 2.45) is 7.05 Å². The monoisotopic (exact) mass is 274 g/mol. The van der Waals surface area contributed by atoms with Gasteiger partial charge in [-0.25, -0.2) is 4.98 Å². The second kappa shape index (κ2) is 5.73. The fourth-order valence-electron chi connectivity index (χ4n) is 2.04. The van der Waals surface area contributed by atoms with E-state index in [1.54, 1.807) is 23.0 Å². The van der Waals surface area contributed by atoms with Crippen LogP contribution in [-0.2, 0) is 13.5 Å². The lowest BCUT2D eigenvalue weighted by molar-refractivity contribution is 0.102. The number of hydrogen-bond acceptors (Lipinski definition) is 4. The molecule has 0 radical (unpaired) electrons. The van der Waals surface area contributed by atoms with Gasteiger partial charge in [-0.2, -0.15) is 5.10 Å². The zero-order valence-electron chi connectivity index (χ0n) is 12.1. The number of ether oxygens (including phenoxy) is 1. The fourth-order valence-corrected chi connectivity index (χ4v) is 2.04. The molecule has 6 heteroatoms. The van der Waals surface area contributed by atoms with Crippen molar-refractivity contribution in [3.05, 3.63) is 35.2 Å². The van der Waals surface area contributed by atoms with E-state index in [0.717, 1.165) is 17.7 Å². The summed E-state index contributed by atoms with van der Waals surface area (Å²) >= 11 is 0. The number of pyridine rings is 1. The van der Waals surface area contributed by atoms with Gasteiger partial charge in [-0.15, -0.1) is 0 Å². The molecule has 0 fully saturated rings.